The maximum atomic E-state index is 13.3. The molecular formula is C20H22ClN3O2S3. The van der Waals surface area contributed by atoms with Crippen LogP contribution in [-0.2, 0) is 10.0 Å². The van der Waals surface area contributed by atoms with Crippen LogP contribution in [0, 0.1) is 20.8 Å². The summed E-state index contributed by atoms with van der Waals surface area (Å²) in [6.45, 7) is 8.13. The maximum absolute atomic E-state index is 13.3. The van der Waals surface area contributed by atoms with Gasteiger partial charge >= 0.3 is 0 Å². The quantitative estimate of drug-likeness (QED) is 0.544. The highest BCUT2D eigenvalue weighted by Crippen LogP contribution is 2.37. The number of nitrogens with zero attached hydrogens (tertiary/aromatic N) is 3. The molecule has 0 unspecified atom stereocenters. The average Bonchev–Trinajstić information content (AvgIpc) is 3.25. The van der Waals surface area contributed by atoms with E-state index in [0.717, 1.165) is 31.0 Å². The van der Waals surface area contributed by atoms with Crippen molar-refractivity contribution in [3.05, 3.63) is 50.8 Å². The standard InChI is InChI=1S/C20H22ClN3O2S3/c1-13-14(2)28-20(22-13)18-12-19(15(3)27-18)29(25,26)24-10-8-23(9-11-24)17-6-4-16(21)5-7-17/h4-7,12H,8-11H2,1-3H3. The molecule has 0 saturated carbocycles. The van der Waals surface area contributed by atoms with Crippen molar-refractivity contribution in [2.24, 2.45) is 0 Å². The fourth-order valence-corrected chi connectivity index (χ4v) is 7.45. The predicted octanol–water partition coefficient (Wildman–Crippen LogP) is 4.96. The highest BCUT2D eigenvalue weighted by atomic mass is 35.5. The molecule has 29 heavy (non-hydrogen) atoms. The molecule has 2 aromatic heterocycles. The third-order valence-electron chi connectivity index (χ3n) is 5.16. The van der Waals surface area contributed by atoms with E-state index in [2.05, 4.69) is 9.88 Å². The van der Waals surface area contributed by atoms with E-state index in [-0.39, 0.29) is 0 Å². The number of aryl methyl sites for hydroxylation is 3. The van der Waals surface area contributed by atoms with Crippen molar-refractivity contribution in [1.29, 1.82) is 0 Å². The lowest BCUT2D eigenvalue weighted by molar-refractivity contribution is 0.385. The fourth-order valence-electron chi connectivity index (χ4n) is 3.38. The zero-order valence-corrected chi connectivity index (χ0v) is 19.7. The van der Waals surface area contributed by atoms with Gasteiger partial charge in [-0.05, 0) is 51.1 Å². The van der Waals surface area contributed by atoms with Gasteiger partial charge in [0.15, 0.2) is 0 Å². The van der Waals surface area contributed by atoms with Crippen molar-refractivity contribution in [2.75, 3.05) is 31.1 Å². The van der Waals surface area contributed by atoms with Gasteiger partial charge in [0, 0.05) is 46.6 Å². The second-order valence-corrected chi connectivity index (χ2v) is 11.9. The second-order valence-electron chi connectivity index (χ2n) is 7.06. The smallest absolute Gasteiger partial charge is 0.244 e. The van der Waals surface area contributed by atoms with Gasteiger partial charge in [-0.1, -0.05) is 11.6 Å². The van der Waals surface area contributed by atoms with Gasteiger partial charge in [0.1, 0.15) is 5.01 Å². The minimum Gasteiger partial charge on any atom is -0.369 e. The molecule has 0 spiro atoms. The number of anilines is 1. The van der Waals surface area contributed by atoms with E-state index < -0.39 is 10.0 Å². The Morgan fingerprint density at radius 2 is 1.62 bits per heavy atom. The number of aromatic nitrogens is 1. The molecule has 5 nitrogen and oxygen atoms in total. The zero-order chi connectivity index (χ0) is 20.8. The van der Waals surface area contributed by atoms with Crippen LogP contribution in [-0.4, -0.2) is 43.9 Å². The third kappa shape index (κ3) is 4.09. The molecule has 0 N–H and O–H groups in total. The molecule has 154 valence electrons. The van der Waals surface area contributed by atoms with Gasteiger partial charge in [-0.15, -0.1) is 22.7 Å². The Labute approximate surface area is 184 Å². The summed E-state index contributed by atoms with van der Waals surface area (Å²) in [5.41, 5.74) is 2.06. The van der Waals surface area contributed by atoms with Gasteiger partial charge in [-0.25, -0.2) is 13.4 Å². The molecule has 9 heteroatoms. The molecule has 1 aromatic carbocycles. The van der Waals surface area contributed by atoms with E-state index in [1.165, 1.54) is 11.3 Å². The van der Waals surface area contributed by atoms with Crippen LogP contribution in [0.5, 0.6) is 0 Å². The average molecular weight is 468 g/mol. The molecule has 1 aliphatic rings. The lowest BCUT2D eigenvalue weighted by atomic mass is 10.2. The van der Waals surface area contributed by atoms with Crippen LogP contribution >= 0.6 is 34.3 Å². The summed E-state index contributed by atoms with van der Waals surface area (Å²) in [4.78, 5) is 10.1. The normalized spacial score (nSPS) is 15.8. The van der Waals surface area contributed by atoms with Crippen LogP contribution in [0.15, 0.2) is 35.2 Å². The van der Waals surface area contributed by atoms with Crippen molar-refractivity contribution in [1.82, 2.24) is 9.29 Å². The Kier molecular flexibility index (Phi) is 5.74. The monoisotopic (exact) mass is 467 g/mol. The van der Waals surface area contributed by atoms with E-state index in [4.69, 9.17) is 11.6 Å². The van der Waals surface area contributed by atoms with Crippen LogP contribution in [0.4, 0.5) is 5.69 Å². The van der Waals surface area contributed by atoms with E-state index in [1.54, 1.807) is 21.7 Å². The van der Waals surface area contributed by atoms with Gasteiger partial charge < -0.3 is 4.90 Å². The summed E-state index contributed by atoms with van der Waals surface area (Å²) < 4.78 is 28.2. The van der Waals surface area contributed by atoms with Crippen molar-refractivity contribution in [2.45, 2.75) is 25.7 Å². The molecule has 1 saturated heterocycles. The van der Waals surface area contributed by atoms with E-state index in [9.17, 15) is 8.42 Å². The van der Waals surface area contributed by atoms with Gasteiger partial charge in [0.2, 0.25) is 10.0 Å². The molecule has 0 bridgehead atoms. The summed E-state index contributed by atoms with van der Waals surface area (Å²) in [6.07, 6.45) is 0. The SMILES string of the molecule is Cc1nc(-c2cc(S(=O)(=O)N3CCN(c4ccc(Cl)cc4)CC3)c(C)s2)sc1C. The molecule has 3 aromatic rings. The number of thiazole rings is 1. The molecule has 1 fully saturated rings. The van der Waals surface area contributed by atoms with Crippen molar-refractivity contribution in [3.63, 3.8) is 0 Å². The Morgan fingerprint density at radius 3 is 2.21 bits per heavy atom. The van der Waals surface area contributed by atoms with Gasteiger partial charge in [0.05, 0.1) is 15.5 Å². The minimum atomic E-state index is -3.52. The van der Waals surface area contributed by atoms with Crippen molar-refractivity contribution < 1.29 is 8.42 Å². The van der Waals surface area contributed by atoms with Gasteiger partial charge in [-0.3, -0.25) is 0 Å². The summed E-state index contributed by atoms with van der Waals surface area (Å²) in [5, 5.41) is 1.59. The van der Waals surface area contributed by atoms with Crippen LogP contribution in [0.1, 0.15) is 15.4 Å². The van der Waals surface area contributed by atoms with Crippen LogP contribution in [0.25, 0.3) is 9.88 Å². The summed E-state index contributed by atoms with van der Waals surface area (Å²) in [7, 11) is -3.52. The minimum absolute atomic E-state index is 0.406. The molecule has 3 heterocycles. The first-order valence-corrected chi connectivity index (χ1v) is 12.8. The summed E-state index contributed by atoms with van der Waals surface area (Å²) in [5.74, 6) is 0. The van der Waals surface area contributed by atoms with Gasteiger partial charge in [0.25, 0.3) is 0 Å². The van der Waals surface area contributed by atoms with Crippen LogP contribution < -0.4 is 4.90 Å². The molecule has 0 atom stereocenters. The van der Waals surface area contributed by atoms with Crippen LogP contribution in [0.2, 0.25) is 5.02 Å². The first-order chi connectivity index (χ1) is 13.8. The Hall–Kier alpha value is -1.45. The Morgan fingerprint density at radius 1 is 0.966 bits per heavy atom. The highest BCUT2D eigenvalue weighted by Gasteiger charge is 2.31. The number of piperazine rings is 1. The Bertz CT molecular complexity index is 1110. The van der Waals surface area contributed by atoms with E-state index >= 15 is 0 Å². The number of sulfonamides is 1. The first kappa shape index (κ1) is 20.8. The Balaban J connectivity index is 1.53. The topological polar surface area (TPSA) is 53.5 Å². The van der Waals surface area contributed by atoms with Gasteiger partial charge in [-0.2, -0.15) is 4.31 Å². The largest absolute Gasteiger partial charge is 0.369 e. The number of rotatable bonds is 4. The number of benzene rings is 1. The predicted molar refractivity (Wildman–Crippen MR) is 122 cm³/mol. The lowest BCUT2D eigenvalue weighted by Gasteiger charge is -2.35. The maximum Gasteiger partial charge on any atom is 0.244 e. The summed E-state index contributed by atoms with van der Waals surface area (Å²) >= 11 is 9.07. The molecule has 0 aliphatic carbocycles. The molecule has 0 radical (unpaired) electrons. The van der Waals surface area contributed by atoms with E-state index in [1.807, 2.05) is 45.0 Å². The number of hydrogen-bond acceptors (Lipinski definition) is 6. The molecule has 1 aliphatic heterocycles. The number of hydrogen-bond donors (Lipinski definition) is 0. The molecular weight excluding hydrogens is 446 g/mol. The number of halogens is 1. The van der Waals surface area contributed by atoms with Crippen LogP contribution in [0.3, 0.4) is 0 Å². The number of thiophene rings is 1. The van der Waals surface area contributed by atoms with Crippen molar-refractivity contribution >= 4 is 50.0 Å². The fraction of sp³-hybridized carbons (Fsp3) is 0.350. The zero-order valence-electron chi connectivity index (χ0n) is 16.5. The first-order valence-electron chi connectivity index (χ1n) is 9.31. The second kappa shape index (κ2) is 8.00. The summed E-state index contributed by atoms with van der Waals surface area (Å²) in [6, 6.07) is 9.45. The molecule has 0 amide bonds. The third-order valence-corrected chi connectivity index (χ3v) is 9.86. The van der Waals surface area contributed by atoms with Crippen molar-refractivity contribution in [3.8, 4) is 9.88 Å². The molecule has 4 rings (SSSR count). The lowest BCUT2D eigenvalue weighted by Crippen LogP contribution is -2.48. The van der Waals surface area contributed by atoms with E-state index in [0.29, 0.717) is 36.1 Å². The highest BCUT2D eigenvalue weighted by molar-refractivity contribution is 7.89.